The van der Waals surface area contributed by atoms with Crippen LogP contribution in [0.4, 0.5) is 5.82 Å². The fourth-order valence-electron chi connectivity index (χ4n) is 2.21. The zero-order valence-corrected chi connectivity index (χ0v) is 10.9. The number of hydrogen-bond acceptors (Lipinski definition) is 6. The van der Waals surface area contributed by atoms with E-state index in [2.05, 4.69) is 38.8 Å². The first-order chi connectivity index (χ1) is 8.60. The van der Waals surface area contributed by atoms with Crippen molar-refractivity contribution in [3.8, 4) is 0 Å². The smallest absolute Gasteiger partial charge is 0.358 e. The van der Waals surface area contributed by atoms with Crippen LogP contribution < -0.4 is 10.2 Å². The fraction of sp³-hybridized carbons (Fsp3) is 0.583. The molecule has 98 valence electrons. The third-order valence-corrected chi connectivity index (χ3v) is 2.91. The van der Waals surface area contributed by atoms with Gasteiger partial charge in [-0.15, -0.1) is 0 Å². The van der Waals surface area contributed by atoms with Crippen molar-refractivity contribution in [2.24, 2.45) is 0 Å². The van der Waals surface area contributed by atoms with E-state index in [1.807, 2.05) is 0 Å². The molecule has 1 aromatic heterocycles. The van der Waals surface area contributed by atoms with Crippen molar-refractivity contribution in [2.45, 2.75) is 25.9 Å². The summed E-state index contributed by atoms with van der Waals surface area (Å²) < 4.78 is 4.59. The molecule has 0 bridgehead atoms. The van der Waals surface area contributed by atoms with Crippen LogP contribution in [0.1, 0.15) is 24.3 Å². The van der Waals surface area contributed by atoms with Gasteiger partial charge in [0.1, 0.15) is 5.82 Å². The number of aromatic nitrogens is 2. The van der Waals surface area contributed by atoms with Gasteiger partial charge in [0.25, 0.3) is 0 Å². The van der Waals surface area contributed by atoms with Crippen molar-refractivity contribution in [1.82, 2.24) is 15.3 Å². The molecule has 6 nitrogen and oxygen atoms in total. The van der Waals surface area contributed by atoms with Crippen molar-refractivity contribution >= 4 is 11.8 Å². The highest BCUT2D eigenvalue weighted by molar-refractivity contribution is 5.86. The Morgan fingerprint density at radius 3 is 2.50 bits per heavy atom. The Morgan fingerprint density at radius 1 is 1.33 bits per heavy atom. The van der Waals surface area contributed by atoms with Gasteiger partial charge in [-0.05, 0) is 13.8 Å². The van der Waals surface area contributed by atoms with Crippen LogP contribution in [0.2, 0.25) is 0 Å². The molecule has 0 aromatic carbocycles. The highest BCUT2D eigenvalue weighted by Gasteiger charge is 2.22. The summed E-state index contributed by atoms with van der Waals surface area (Å²) in [6.07, 6.45) is 3.08. The maximum absolute atomic E-state index is 11.3. The lowest BCUT2D eigenvalue weighted by Crippen LogP contribution is -2.54. The average Bonchev–Trinajstić information content (AvgIpc) is 2.37. The van der Waals surface area contributed by atoms with Crippen LogP contribution in [0.3, 0.4) is 0 Å². The summed E-state index contributed by atoms with van der Waals surface area (Å²) in [5.74, 6) is 0.332. The van der Waals surface area contributed by atoms with E-state index in [9.17, 15) is 4.79 Å². The molecule has 1 aromatic rings. The van der Waals surface area contributed by atoms with Crippen LogP contribution in [0.25, 0.3) is 0 Å². The molecule has 0 amide bonds. The molecule has 1 fully saturated rings. The van der Waals surface area contributed by atoms with Crippen LogP contribution in [0.15, 0.2) is 12.4 Å². The Morgan fingerprint density at radius 2 is 2.00 bits per heavy atom. The van der Waals surface area contributed by atoms with Gasteiger partial charge in [0, 0.05) is 25.2 Å². The number of nitrogens with one attached hydrogen (secondary N) is 1. The van der Waals surface area contributed by atoms with E-state index in [1.54, 1.807) is 6.20 Å². The van der Waals surface area contributed by atoms with Gasteiger partial charge < -0.3 is 15.0 Å². The lowest BCUT2D eigenvalue weighted by Gasteiger charge is -2.36. The molecule has 2 rings (SSSR count). The number of nitrogens with zero attached hydrogens (tertiary/aromatic N) is 3. The third-order valence-electron chi connectivity index (χ3n) is 2.91. The Hall–Kier alpha value is -1.69. The molecular weight excluding hydrogens is 232 g/mol. The Balaban J connectivity index is 2.11. The van der Waals surface area contributed by atoms with Crippen molar-refractivity contribution in [1.29, 1.82) is 0 Å². The van der Waals surface area contributed by atoms with E-state index in [0.717, 1.165) is 18.9 Å². The minimum atomic E-state index is -0.462. The van der Waals surface area contributed by atoms with Crippen LogP contribution in [0.5, 0.6) is 0 Å². The number of anilines is 1. The Bertz CT molecular complexity index is 411. The fourth-order valence-corrected chi connectivity index (χ4v) is 2.21. The summed E-state index contributed by atoms with van der Waals surface area (Å²) >= 11 is 0. The van der Waals surface area contributed by atoms with Gasteiger partial charge in [-0.3, -0.25) is 0 Å². The largest absolute Gasteiger partial charge is 0.464 e. The second-order valence-electron chi connectivity index (χ2n) is 4.63. The maximum atomic E-state index is 11.3. The lowest BCUT2D eigenvalue weighted by molar-refractivity contribution is 0.0593. The summed E-state index contributed by atoms with van der Waals surface area (Å²) in [4.78, 5) is 21.8. The van der Waals surface area contributed by atoms with Crippen LogP contribution in [-0.2, 0) is 4.74 Å². The zero-order chi connectivity index (χ0) is 13.1. The van der Waals surface area contributed by atoms with Crippen molar-refractivity contribution in [3.05, 3.63) is 18.1 Å². The quantitative estimate of drug-likeness (QED) is 0.769. The molecule has 0 unspecified atom stereocenters. The highest BCUT2D eigenvalue weighted by Crippen LogP contribution is 2.14. The summed E-state index contributed by atoms with van der Waals surface area (Å²) in [5.41, 5.74) is 0.234. The van der Waals surface area contributed by atoms with Crippen LogP contribution >= 0.6 is 0 Å². The molecule has 2 heterocycles. The van der Waals surface area contributed by atoms with E-state index < -0.39 is 5.97 Å². The second-order valence-corrected chi connectivity index (χ2v) is 4.63. The highest BCUT2D eigenvalue weighted by atomic mass is 16.5. The molecule has 1 aliphatic rings. The summed E-state index contributed by atoms with van der Waals surface area (Å²) in [6.45, 7) is 6.05. The molecule has 0 saturated carbocycles. The predicted octanol–water partition coefficient (Wildman–Crippen LogP) is 0.450. The SMILES string of the molecule is COC(=O)c1cnc(N2C[C@@H](C)N[C@H](C)C2)cn1. The number of piperazine rings is 1. The summed E-state index contributed by atoms with van der Waals surface area (Å²) in [7, 11) is 1.33. The Labute approximate surface area is 106 Å². The number of carbonyl (C=O) groups excluding carboxylic acids is 1. The number of methoxy groups -OCH3 is 1. The average molecular weight is 250 g/mol. The molecule has 0 spiro atoms. The van der Waals surface area contributed by atoms with Gasteiger partial charge in [-0.1, -0.05) is 0 Å². The molecule has 0 aliphatic carbocycles. The standard InChI is InChI=1S/C12H18N4O2/c1-8-6-16(7-9(2)15-8)11-5-13-10(4-14-11)12(17)18-3/h4-5,8-9,15H,6-7H2,1-3H3/t8-,9-/m1/s1. The minimum Gasteiger partial charge on any atom is -0.464 e. The van der Waals surface area contributed by atoms with Crippen molar-refractivity contribution in [2.75, 3.05) is 25.1 Å². The first-order valence-electron chi connectivity index (χ1n) is 6.01. The van der Waals surface area contributed by atoms with Crippen molar-refractivity contribution in [3.63, 3.8) is 0 Å². The predicted molar refractivity (Wildman–Crippen MR) is 67.6 cm³/mol. The van der Waals surface area contributed by atoms with Gasteiger partial charge in [-0.2, -0.15) is 0 Å². The van der Waals surface area contributed by atoms with E-state index in [-0.39, 0.29) is 5.69 Å². The van der Waals surface area contributed by atoms with Crippen LogP contribution in [-0.4, -0.2) is 48.2 Å². The van der Waals surface area contributed by atoms with Gasteiger partial charge in [0.05, 0.1) is 19.5 Å². The van der Waals surface area contributed by atoms with Gasteiger partial charge >= 0.3 is 5.97 Å². The van der Waals surface area contributed by atoms with E-state index in [1.165, 1.54) is 13.3 Å². The molecule has 2 atom stereocenters. The molecular formula is C12H18N4O2. The normalized spacial score (nSPS) is 23.8. The number of carbonyl (C=O) groups is 1. The van der Waals surface area contributed by atoms with Crippen molar-refractivity contribution < 1.29 is 9.53 Å². The summed E-state index contributed by atoms with van der Waals surface area (Å²) in [5, 5.41) is 3.45. The Kier molecular flexibility index (Phi) is 3.76. The van der Waals surface area contributed by atoms with Gasteiger partial charge in [-0.25, -0.2) is 14.8 Å². The van der Waals surface area contributed by atoms with E-state index in [0.29, 0.717) is 12.1 Å². The molecule has 6 heteroatoms. The number of hydrogen-bond donors (Lipinski definition) is 1. The topological polar surface area (TPSA) is 67.3 Å². The minimum absolute atomic E-state index is 0.234. The number of rotatable bonds is 2. The first kappa shape index (κ1) is 12.8. The number of ether oxygens (including phenoxy) is 1. The molecule has 1 saturated heterocycles. The molecule has 0 radical (unpaired) electrons. The molecule has 1 N–H and O–H groups in total. The number of esters is 1. The first-order valence-corrected chi connectivity index (χ1v) is 6.01. The zero-order valence-electron chi connectivity index (χ0n) is 10.9. The van der Waals surface area contributed by atoms with E-state index in [4.69, 9.17) is 0 Å². The molecule has 18 heavy (non-hydrogen) atoms. The monoisotopic (exact) mass is 250 g/mol. The van der Waals surface area contributed by atoms with E-state index >= 15 is 0 Å². The van der Waals surface area contributed by atoms with Gasteiger partial charge in [0.2, 0.25) is 0 Å². The van der Waals surface area contributed by atoms with Gasteiger partial charge in [0.15, 0.2) is 5.69 Å². The molecule has 1 aliphatic heterocycles. The lowest BCUT2D eigenvalue weighted by atomic mass is 10.1. The summed E-state index contributed by atoms with van der Waals surface area (Å²) in [6, 6.07) is 0.826. The van der Waals surface area contributed by atoms with Crippen LogP contribution in [0, 0.1) is 0 Å². The maximum Gasteiger partial charge on any atom is 0.358 e. The second kappa shape index (κ2) is 5.30. The third kappa shape index (κ3) is 2.76.